The first kappa shape index (κ1) is 14.0. The second-order valence-corrected chi connectivity index (χ2v) is 4.50. The Labute approximate surface area is 117 Å². The lowest BCUT2D eigenvalue weighted by Gasteiger charge is -2.23. The van der Waals surface area contributed by atoms with Crippen LogP contribution >= 0.6 is 0 Å². The second kappa shape index (κ2) is 6.65. The van der Waals surface area contributed by atoms with Crippen molar-refractivity contribution in [1.82, 2.24) is 9.97 Å². The van der Waals surface area contributed by atoms with Crippen molar-refractivity contribution in [2.24, 2.45) is 0 Å². The Bertz CT molecular complexity index is 572. The Morgan fingerprint density at radius 3 is 2.65 bits per heavy atom. The van der Waals surface area contributed by atoms with Crippen LogP contribution in [0.2, 0.25) is 0 Å². The Balaban J connectivity index is 2.16. The van der Waals surface area contributed by atoms with E-state index >= 15 is 0 Å². The first-order valence-electron chi connectivity index (χ1n) is 6.45. The second-order valence-electron chi connectivity index (χ2n) is 4.50. The van der Waals surface area contributed by atoms with Gasteiger partial charge in [0.2, 0.25) is 0 Å². The van der Waals surface area contributed by atoms with E-state index in [1.54, 1.807) is 6.20 Å². The Morgan fingerprint density at radius 1 is 1.25 bits per heavy atom. The van der Waals surface area contributed by atoms with Crippen molar-refractivity contribution < 1.29 is 9.90 Å². The first-order valence-corrected chi connectivity index (χ1v) is 6.45. The van der Waals surface area contributed by atoms with Gasteiger partial charge in [-0.1, -0.05) is 18.2 Å². The van der Waals surface area contributed by atoms with Gasteiger partial charge in [0.15, 0.2) is 0 Å². The summed E-state index contributed by atoms with van der Waals surface area (Å²) >= 11 is 0. The molecule has 5 nitrogen and oxygen atoms in total. The lowest BCUT2D eigenvalue weighted by atomic mass is 10.2. The van der Waals surface area contributed by atoms with Crippen LogP contribution < -0.4 is 4.90 Å². The highest BCUT2D eigenvalue weighted by molar-refractivity contribution is 5.67. The van der Waals surface area contributed by atoms with Crippen molar-refractivity contribution in [3.63, 3.8) is 0 Å². The molecule has 0 atom stereocenters. The number of nitrogens with zero attached hydrogens (tertiary/aromatic N) is 3. The number of hydrogen-bond acceptors (Lipinski definition) is 4. The monoisotopic (exact) mass is 271 g/mol. The fraction of sp³-hybridized carbons (Fsp3) is 0.267. The maximum Gasteiger partial charge on any atom is 0.305 e. The van der Waals surface area contributed by atoms with Crippen molar-refractivity contribution in [2.75, 3.05) is 11.4 Å². The van der Waals surface area contributed by atoms with Crippen molar-refractivity contribution >= 4 is 11.7 Å². The maximum atomic E-state index is 10.8. The summed E-state index contributed by atoms with van der Waals surface area (Å²) in [6.07, 6.45) is 1.82. The summed E-state index contributed by atoms with van der Waals surface area (Å²) in [5.41, 5.74) is 1.87. The SMILES string of the molecule is Cc1nccc(CN(CCC(=O)O)c2ccccc2)n1. The zero-order valence-corrected chi connectivity index (χ0v) is 11.4. The van der Waals surface area contributed by atoms with Crippen LogP contribution in [0.3, 0.4) is 0 Å². The molecule has 1 heterocycles. The van der Waals surface area contributed by atoms with Gasteiger partial charge in [-0.25, -0.2) is 9.97 Å². The van der Waals surface area contributed by atoms with Gasteiger partial charge in [-0.05, 0) is 25.1 Å². The molecule has 5 heteroatoms. The van der Waals surface area contributed by atoms with Crippen LogP contribution in [0.4, 0.5) is 5.69 Å². The molecule has 1 aromatic carbocycles. The summed E-state index contributed by atoms with van der Waals surface area (Å²) in [4.78, 5) is 21.2. The van der Waals surface area contributed by atoms with Crippen LogP contribution in [0, 0.1) is 6.92 Å². The highest BCUT2D eigenvalue weighted by Gasteiger charge is 2.10. The van der Waals surface area contributed by atoms with Crippen LogP contribution in [-0.2, 0) is 11.3 Å². The molecule has 0 bridgehead atoms. The molecule has 0 fully saturated rings. The van der Waals surface area contributed by atoms with E-state index in [9.17, 15) is 4.79 Å². The summed E-state index contributed by atoms with van der Waals surface area (Å²) < 4.78 is 0. The molecule has 0 saturated heterocycles. The lowest BCUT2D eigenvalue weighted by Crippen LogP contribution is -2.26. The highest BCUT2D eigenvalue weighted by atomic mass is 16.4. The first-order chi connectivity index (χ1) is 9.65. The fourth-order valence-corrected chi connectivity index (χ4v) is 1.96. The van der Waals surface area contributed by atoms with Crippen LogP contribution in [0.15, 0.2) is 42.6 Å². The molecule has 2 rings (SSSR count). The number of anilines is 1. The molecule has 1 N–H and O–H groups in total. The van der Waals surface area contributed by atoms with E-state index in [0.717, 1.165) is 11.4 Å². The number of carboxylic acids is 1. The molecule has 0 aliphatic carbocycles. The van der Waals surface area contributed by atoms with Gasteiger partial charge in [-0.3, -0.25) is 4.79 Å². The predicted molar refractivity (Wildman–Crippen MR) is 76.5 cm³/mol. The average molecular weight is 271 g/mol. The molecule has 104 valence electrons. The van der Waals surface area contributed by atoms with E-state index in [1.807, 2.05) is 48.2 Å². The number of aryl methyl sites for hydroxylation is 1. The Kier molecular flexibility index (Phi) is 4.65. The van der Waals surface area contributed by atoms with Crippen LogP contribution in [-0.4, -0.2) is 27.6 Å². The normalized spacial score (nSPS) is 10.2. The molecule has 0 amide bonds. The zero-order chi connectivity index (χ0) is 14.4. The van der Waals surface area contributed by atoms with Gasteiger partial charge in [0, 0.05) is 18.4 Å². The number of carboxylic acid groups (broad SMARTS) is 1. The van der Waals surface area contributed by atoms with E-state index in [4.69, 9.17) is 5.11 Å². The number of aromatic nitrogens is 2. The van der Waals surface area contributed by atoms with Gasteiger partial charge in [-0.2, -0.15) is 0 Å². The topological polar surface area (TPSA) is 66.3 Å². The summed E-state index contributed by atoms with van der Waals surface area (Å²) in [6.45, 7) is 2.86. The summed E-state index contributed by atoms with van der Waals surface area (Å²) in [5, 5.41) is 8.87. The maximum absolute atomic E-state index is 10.8. The molecule has 0 aliphatic rings. The van der Waals surface area contributed by atoms with Crippen LogP contribution in [0.25, 0.3) is 0 Å². The molecule has 0 unspecified atom stereocenters. The third-order valence-electron chi connectivity index (χ3n) is 2.90. The van der Waals surface area contributed by atoms with Gasteiger partial charge in [-0.15, -0.1) is 0 Å². The molecule has 0 spiro atoms. The highest BCUT2D eigenvalue weighted by Crippen LogP contribution is 2.16. The fourth-order valence-electron chi connectivity index (χ4n) is 1.96. The lowest BCUT2D eigenvalue weighted by molar-refractivity contribution is -0.136. The quantitative estimate of drug-likeness (QED) is 0.873. The van der Waals surface area contributed by atoms with E-state index in [2.05, 4.69) is 9.97 Å². The van der Waals surface area contributed by atoms with Gasteiger partial charge in [0.1, 0.15) is 5.82 Å². The minimum Gasteiger partial charge on any atom is -0.481 e. The van der Waals surface area contributed by atoms with E-state index in [1.165, 1.54) is 0 Å². The number of para-hydroxylation sites is 1. The standard InChI is InChI=1S/C15H17N3O2/c1-12-16-9-7-13(17-12)11-18(10-8-15(19)20)14-5-3-2-4-6-14/h2-7,9H,8,10-11H2,1H3,(H,19,20). The molecule has 0 saturated carbocycles. The minimum atomic E-state index is -0.801. The van der Waals surface area contributed by atoms with Crippen molar-refractivity contribution in [2.45, 2.75) is 19.9 Å². The van der Waals surface area contributed by atoms with E-state index in [-0.39, 0.29) is 6.42 Å². The van der Waals surface area contributed by atoms with Crippen molar-refractivity contribution in [3.05, 3.63) is 54.1 Å². The van der Waals surface area contributed by atoms with Gasteiger partial charge in [0.25, 0.3) is 0 Å². The number of hydrogen-bond donors (Lipinski definition) is 1. The Morgan fingerprint density at radius 2 is 2.00 bits per heavy atom. The molecule has 1 aromatic heterocycles. The predicted octanol–water partition coefficient (Wildman–Crippen LogP) is 2.27. The molecular weight excluding hydrogens is 254 g/mol. The smallest absolute Gasteiger partial charge is 0.305 e. The van der Waals surface area contributed by atoms with Crippen molar-refractivity contribution in [3.8, 4) is 0 Å². The van der Waals surface area contributed by atoms with E-state index < -0.39 is 5.97 Å². The third-order valence-corrected chi connectivity index (χ3v) is 2.90. The molecule has 2 aromatic rings. The van der Waals surface area contributed by atoms with Gasteiger partial charge >= 0.3 is 5.97 Å². The number of benzene rings is 1. The zero-order valence-electron chi connectivity index (χ0n) is 11.4. The minimum absolute atomic E-state index is 0.0962. The third kappa shape index (κ3) is 4.05. The average Bonchev–Trinajstić information content (AvgIpc) is 2.44. The Hall–Kier alpha value is -2.43. The van der Waals surface area contributed by atoms with E-state index in [0.29, 0.717) is 18.9 Å². The molecular formula is C15H17N3O2. The number of carbonyl (C=O) groups is 1. The van der Waals surface area contributed by atoms with Crippen LogP contribution in [0.1, 0.15) is 17.9 Å². The summed E-state index contributed by atoms with van der Waals surface area (Å²) in [7, 11) is 0. The van der Waals surface area contributed by atoms with Crippen molar-refractivity contribution in [1.29, 1.82) is 0 Å². The van der Waals surface area contributed by atoms with Crippen LogP contribution in [0.5, 0.6) is 0 Å². The molecule has 0 radical (unpaired) electrons. The van der Waals surface area contributed by atoms with Gasteiger partial charge in [0.05, 0.1) is 18.7 Å². The molecule has 0 aliphatic heterocycles. The summed E-state index contributed by atoms with van der Waals surface area (Å²) in [6, 6.07) is 11.6. The molecule has 20 heavy (non-hydrogen) atoms. The number of rotatable bonds is 6. The summed E-state index contributed by atoms with van der Waals surface area (Å²) in [5.74, 6) is -0.0847. The number of aliphatic carboxylic acids is 1. The largest absolute Gasteiger partial charge is 0.481 e. The van der Waals surface area contributed by atoms with Gasteiger partial charge < -0.3 is 10.0 Å².